The van der Waals surface area contributed by atoms with Crippen molar-refractivity contribution in [2.75, 3.05) is 0 Å². The van der Waals surface area contributed by atoms with E-state index in [-0.39, 0.29) is 4.90 Å². The van der Waals surface area contributed by atoms with Crippen molar-refractivity contribution in [3.05, 3.63) is 30.3 Å². The number of halogens is 1. The van der Waals surface area contributed by atoms with Gasteiger partial charge in [0.25, 0.3) is 0 Å². The first-order chi connectivity index (χ1) is 4.61. The average Bonchev–Trinajstić information content (AvgIpc) is 1.88. The van der Waals surface area contributed by atoms with Gasteiger partial charge >= 0.3 is 0 Å². The van der Waals surface area contributed by atoms with Gasteiger partial charge in [-0.15, -0.1) is 3.89 Å². The lowest BCUT2D eigenvalue weighted by molar-refractivity contribution is 0.636. The smallest absolute Gasteiger partial charge is 0.222 e. The van der Waals surface area contributed by atoms with Crippen molar-refractivity contribution >= 4 is 10.1 Å². The highest BCUT2D eigenvalue weighted by Gasteiger charge is 2.03. The summed E-state index contributed by atoms with van der Waals surface area (Å²) in [6.45, 7) is 0. The molecule has 0 fully saturated rings. The van der Waals surface area contributed by atoms with Crippen molar-refractivity contribution < 1.29 is 8.09 Å². The van der Waals surface area contributed by atoms with E-state index >= 15 is 0 Å². The molecule has 0 aliphatic rings. The molecule has 0 bridgehead atoms. The second-order valence-electron chi connectivity index (χ2n) is 1.80. The van der Waals surface area contributed by atoms with Crippen molar-refractivity contribution in [3.8, 4) is 0 Å². The van der Waals surface area contributed by atoms with Gasteiger partial charge in [0.2, 0.25) is 10.1 Å². The second kappa shape index (κ2) is 2.38. The van der Waals surface area contributed by atoms with Gasteiger partial charge in [0.15, 0.2) is 0 Å². The van der Waals surface area contributed by atoms with Crippen molar-refractivity contribution in [2.24, 2.45) is 0 Å². The van der Waals surface area contributed by atoms with E-state index in [9.17, 15) is 8.09 Å². The Bertz CT molecular complexity index is 306. The highest BCUT2D eigenvalue weighted by molar-refractivity contribution is 7.87. The monoisotopic (exact) mass is 159 g/mol. The van der Waals surface area contributed by atoms with Crippen LogP contribution in [0.5, 0.6) is 0 Å². The standard InChI is InChI=1S/C6H6FNOS/c7-10(8,9)6-4-2-1-3-5-6/h1-5,8H. The quantitative estimate of drug-likeness (QED) is 0.625. The van der Waals surface area contributed by atoms with Gasteiger partial charge in [0.1, 0.15) is 0 Å². The van der Waals surface area contributed by atoms with Gasteiger partial charge in [-0.1, -0.05) is 18.2 Å². The van der Waals surface area contributed by atoms with Crippen LogP contribution in [0.25, 0.3) is 0 Å². The summed E-state index contributed by atoms with van der Waals surface area (Å²) in [5, 5.41) is 0. The molecule has 0 aromatic heterocycles. The van der Waals surface area contributed by atoms with Gasteiger partial charge in [-0.05, 0) is 12.1 Å². The molecule has 1 N–H and O–H groups in total. The van der Waals surface area contributed by atoms with E-state index in [2.05, 4.69) is 0 Å². The Morgan fingerprint density at radius 3 is 2.10 bits per heavy atom. The van der Waals surface area contributed by atoms with Crippen LogP contribution in [0.15, 0.2) is 35.2 Å². The lowest BCUT2D eigenvalue weighted by Crippen LogP contribution is -1.86. The summed E-state index contributed by atoms with van der Waals surface area (Å²) >= 11 is 0. The molecular weight excluding hydrogens is 153 g/mol. The zero-order chi connectivity index (χ0) is 7.61. The van der Waals surface area contributed by atoms with Gasteiger partial charge < -0.3 is 0 Å². The zero-order valence-corrected chi connectivity index (χ0v) is 5.90. The first kappa shape index (κ1) is 7.21. The van der Waals surface area contributed by atoms with Crippen LogP contribution in [-0.2, 0) is 10.1 Å². The van der Waals surface area contributed by atoms with Crippen LogP contribution in [0.3, 0.4) is 0 Å². The predicted molar refractivity (Wildman–Crippen MR) is 36.7 cm³/mol. The molecule has 0 heterocycles. The third kappa shape index (κ3) is 1.54. The summed E-state index contributed by atoms with van der Waals surface area (Å²) in [6.07, 6.45) is 0. The molecule has 54 valence electrons. The third-order valence-corrected chi connectivity index (χ3v) is 1.92. The Morgan fingerprint density at radius 2 is 1.80 bits per heavy atom. The zero-order valence-electron chi connectivity index (χ0n) is 5.08. The van der Waals surface area contributed by atoms with E-state index in [1.807, 2.05) is 0 Å². The molecule has 0 aliphatic heterocycles. The molecule has 0 saturated carbocycles. The van der Waals surface area contributed by atoms with E-state index in [0.29, 0.717) is 0 Å². The number of benzene rings is 1. The fraction of sp³-hybridized carbons (Fsp3) is 0. The maximum Gasteiger partial charge on any atom is 0.228 e. The van der Waals surface area contributed by atoms with Crippen LogP contribution >= 0.6 is 0 Å². The maximum atomic E-state index is 12.3. The SMILES string of the molecule is N=S(=O)(F)c1ccccc1. The van der Waals surface area contributed by atoms with Crippen LogP contribution in [0.1, 0.15) is 0 Å². The number of hydrogen-bond donors (Lipinski definition) is 1. The summed E-state index contributed by atoms with van der Waals surface area (Å²) < 4.78 is 29.2. The lowest BCUT2D eigenvalue weighted by Gasteiger charge is -1.93. The van der Waals surface area contributed by atoms with Crippen LogP contribution < -0.4 is 0 Å². The molecule has 2 nitrogen and oxygen atoms in total. The number of nitrogens with one attached hydrogen (secondary N) is 1. The van der Waals surface area contributed by atoms with E-state index in [4.69, 9.17) is 4.78 Å². The molecule has 0 saturated heterocycles. The summed E-state index contributed by atoms with van der Waals surface area (Å²) in [5.41, 5.74) is 0. The predicted octanol–water partition coefficient (Wildman–Crippen LogP) is 1.98. The maximum absolute atomic E-state index is 12.3. The van der Waals surface area contributed by atoms with Crippen molar-refractivity contribution in [2.45, 2.75) is 4.90 Å². The van der Waals surface area contributed by atoms with Crippen molar-refractivity contribution in [3.63, 3.8) is 0 Å². The van der Waals surface area contributed by atoms with Crippen molar-refractivity contribution in [1.29, 1.82) is 4.78 Å². The molecule has 1 unspecified atom stereocenters. The lowest BCUT2D eigenvalue weighted by atomic mass is 10.4. The summed E-state index contributed by atoms with van der Waals surface area (Å²) in [7, 11) is -4.00. The van der Waals surface area contributed by atoms with E-state index in [1.54, 1.807) is 18.2 Å². The highest BCUT2D eigenvalue weighted by Crippen LogP contribution is 2.10. The Labute approximate surface area is 59.0 Å². The largest absolute Gasteiger partial charge is 0.228 e. The summed E-state index contributed by atoms with van der Waals surface area (Å²) in [5.74, 6) is 0. The molecular formula is C6H6FNOS. The Morgan fingerprint density at radius 1 is 1.30 bits per heavy atom. The molecule has 1 aromatic rings. The van der Waals surface area contributed by atoms with Crippen LogP contribution in [0, 0.1) is 4.78 Å². The molecule has 0 radical (unpaired) electrons. The van der Waals surface area contributed by atoms with Crippen LogP contribution in [0.2, 0.25) is 0 Å². The van der Waals surface area contributed by atoms with Gasteiger partial charge in [-0.3, -0.25) is 0 Å². The molecule has 4 heteroatoms. The van der Waals surface area contributed by atoms with Gasteiger partial charge in [-0.2, -0.15) is 0 Å². The fourth-order valence-corrected chi connectivity index (χ4v) is 1.10. The molecule has 0 spiro atoms. The molecule has 10 heavy (non-hydrogen) atoms. The number of hydrogen-bond acceptors (Lipinski definition) is 2. The highest BCUT2D eigenvalue weighted by atomic mass is 32.3. The number of rotatable bonds is 1. The minimum atomic E-state index is -4.00. The molecule has 1 rings (SSSR count). The minimum Gasteiger partial charge on any atom is -0.222 e. The van der Waals surface area contributed by atoms with E-state index in [0.717, 1.165) is 0 Å². The molecule has 0 amide bonds. The minimum absolute atomic E-state index is 0.0741. The first-order valence-electron chi connectivity index (χ1n) is 2.64. The van der Waals surface area contributed by atoms with Crippen LogP contribution in [0.4, 0.5) is 3.89 Å². The Hall–Kier alpha value is -0.900. The fourth-order valence-electron chi connectivity index (χ4n) is 0.596. The summed E-state index contributed by atoms with van der Waals surface area (Å²) in [4.78, 5) is -0.0741. The second-order valence-corrected chi connectivity index (χ2v) is 3.24. The molecule has 1 aromatic carbocycles. The van der Waals surface area contributed by atoms with Gasteiger partial charge in [0.05, 0.1) is 4.90 Å². The van der Waals surface area contributed by atoms with Gasteiger partial charge in [-0.25, -0.2) is 8.99 Å². The normalized spacial score (nSPS) is 16.1. The van der Waals surface area contributed by atoms with Crippen molar-refractivity contribution in [1.82, 2.24) is 0 Å². The topological polar surface area (TPSA) is 40.9 Å². The average molecular weight is 159 g/mol. The Kier molecular flexibility index (Phi) is 1.72. The summed E-state index contributed by atoms with van der Waals surface area (Å²) in [6, 6.07) is 7.42. The Balaban J connectivity index is 3.22. The molecule has 0 aliphatic carbocycles. The third-order valence-electron chi connectivity index (χ3n) is 1.05. The van der Waals surface area contributed by atoms with Gasteiger partial charge in [0, 0.05) is 0 Å². The molecule has 1 atom stereocenters. The van der Waals surface area contributed by atoms with E-state index in [1.165, 1.54) is 12.1 Å². The van der Waals surface area contributed by atoms with Crippen LogP contribution in [-0.4, -0.2) is 4.21 Å². The first-order valence-corrected chi connectivity index (χ1v) is 4.10. The van der Waals surface area contributed by atoms with E-state index < -0.39 is 10.1 Å².